The lowest BCUT2D eigenvalue weighted by Gasteiger charge is -2.30. The molecule has 3 nitrogen and oxygen atoms in total. The van der Waals surface area contributed by atoms with Crippen LogP contribution in [0.1, 0.15) is 10.4 Å². The Labute approximate surface area is 99.9 Å². The van der Waals surface area contributed by atoms with Crippen LogP contribution in [-0.4, -0.2) is 26.1 Å². The second-order valence-electron chi connectivity index (χ2n) is 4.25. The molecule has 0 bridgehead atoms. The molecule has 1 aromatic carbocycles. The van der Waals surface area contributed by atoms with Crippen LogP contribution in [0.4, 0.5) is 10.1 Å². The first-order valence-electron chi connectivity index (χ1n) is 5.63. The first-order chi connectivity index (χ1) is 8.22. The molecular formula is C12H12BFN2O. The number of carbonyl (C=O) groups excluding carboxylic acids is 1. The Morgan fingerprint density at radius 1 is 1.35 bits per heavy atom. The highest BCUT2D eigenvalue weighted by Gasteiger charge is 2.22. The van der Waals surface area contributed by atoms with E-state index in [-0.39, 0.29) is 6.71 Å². The summed E-state index contributed by atoms with van der Waals surface area (Å²) in [5, 5.41) is 8.80. The standard InChI is InChI=1S/C12H12BFN2O/c14-11-5-10(8-17)6-12(7-11)16-3-1-13(9-15)2-4-16/h5-8H,1-4H2. The second kappa shape index (κ2) is 5.00. The van der Waals surface area contributed by atoms with Gasteiger partial charge in [0.25, 0.3) is 6.71 Å². The van der Waals surface area contributed by atoms with Crippen molar-refractivity contribution >= 4 is 18.7 Å². The summed E-state index contributed by atoms with van der Waals surface area (Å²) in [6, 6.07) is 4.33. The molecule has 0 amide bonds. The van der Waals surface area contributed by atoms with Crippen LogP contribution >= 0.6 is 0 Å². The van der Waals surface area contributed by atoms with Gasteiger partial charge in [0.2, 0.25) is 0 Å². The van der Waals surface area contributed by atoms with Crippen LogP contribution in [0.25, 0.3) is 0 Å². The van der Waals surface area contributed by atoms with Gasteiger partial charge in [-0.3, -0.25) is 4.79 Å². The van der Waals surface area contributed by atoms with E-state index in [1.54, 1.807) is 6.07 Å². The van der Waals surface area contributed by atoms with Gasteiger partial charge in [-0.05, 0) is 30.8 Å². The molecule has 5 heteroatoms. The van der Waals surface area contributed by atoms with E-state index in [9.17, 15) is 9.18 Å². The third-order valence-electron chi connectivity index (χ3n) is 3.08. The summed E-state index contributed by atoms with van der Waals surface area (Å²) in [5.41, 5.74) is 1.07. The number of halogens is 1. The number of benzene rings is 1. The summed E-state index contributed by atoms with van der Waals surface area (Å²) in [7, 11) is 0. The highest BCUT2D eigenvalue weighted by atomic mass is 19.1. The van der Waals surface area contributed by atoms with Crippen LogP contribution in [0.15, 0.2) is 18.2 Å². The molecule has 0 atom stereocenters. The Morgan fingerprint density at radius 2 is 2.06 bits per heavy atom. The minimum absolute atomic E-state index is 0.102. The van der Waals surface area contributed by atoms with Crippen LogP contribution in [0.2, 0.25) is 12.6 Å². The average Bonchev–Trinajstić information content (AvgIpc) is 2.38. The zero-order chi connectivity index (χ0) is 12.3. The molecule has 0 aromatic heterocycles. The first-order valence-corrected chi connectivity index (χ1v) is 5.63. The zero-order valence-electron chi connectivity index (χ0n) is 9.40. The quantitative estimate of drug-likeness (QED) is 0.576. The lowest BCUT2D eigenvalue weighted by Crippen LogP contribution is -2.36. The molecule has 86 valence electrons. The van der Waals surface area contributed by atoms with Gasteiger partial charge in [-0.25, -0.2) is 9.65 Å². The molecule has 1 aliphatic rings. The average molecular weight is 230 g/mol. The van der Waals surface area contributed by atoms with Crippen molar-refractivity contribution in [1.82, 2.24) is 0 Å². The number of nitrogens with zero attached hydrogens (tertiary/aromatic N) is 2. The Bertz CT molecular complexity index is 464. The Morgan fingerprint density at radius 3 is 2.65 bits per heavy atom. The summed E-state index contributed by atoms with van der Waals surface area (Å²) < 4.78 is 13.3. The van der Waals surface area contributed by atoms with Gasteiger partial charge in [-0.15, -0.1) is 0 Å². The molecule has 1 aromatic rings. The molecule has 1 aliphatic heterocycles. The molecule has 0 unspecified atom stereocenters. The predicted octanol–water partition coefficient (Wildman–Crippen LogP) is 2.02. The summed E-state index contributed by atoms with van der Waals surface area (Å²) in [5.74, 6) is 1.86. The Kier molecular flexibility index (Phi) is 3.43. The van der Waals surface area contributed by atoms with Crippen LogP contribution in [0, 0.1) is 17.0 Å². The smallest absolute Gasteiger partial charge is 0.271 e. The highest BCUT2D eigenvalue weighted by Crippen LogP contribution is 2.22. The molecule has 0 N–H and O–H groups in total. The number of nitriles is 1. The van der Waals surface area contributed by atoms with Crippen molar-refractivity contribution in [3.8, 4) is 5.97 Å². The number of hydrogen-bond donors (Lipinski definition) is 0. The largest absolute Gasteiger partial charge is 0.373 e. The first kappa shape index (κ1) is 11.7. The maximum atomic E-state index is 13.3. The van der Waals surface area contributed by atoms with Gasteiger partial charge in [0.15, 0.2) is 0 Å². The fourth-order valence-corrected chi connectivity index (χ4v) is 2.11. The molecule has 1 saturated heterocycles. The van der Waals surface area contributed by atoms with E-state index in [1.165, 1.54) is 12.1 Å². The predicted molar refractivity (Wildman–Crippen MR) is 65.0 cm³/mol. The molecular weight excluding hydrogens is 218 g/mol. The van der Waals surface area contributed by atoms with Gasteiger partial charge in [-0.2, -0.15) is 0 Å². The number of carbonyl (C=O) groups is 1. The number of aldehydes is 1. The Hall–Kier alpha value is -1.83. The van der Waals surface area contributed by atoms with Crippen LogP contribution in [-0.2, 0) is 0 Å². The summed E-state index contributed by atoms with van der Waals surface area (Å²) in [6.45, 7) is 1.57. The minimum Gasteiger partial charge on any atom is -0.373 e. The van der Waals surface area contributed by atoms with Gasteiger partial charge in [-0.1, -0.05) is 0 Å². The second-order valence-corrected chi connectivity index (χ2v) is 4.25. The van der Waals surface area contributed by atoms with Crippen molar-refractivity contribution < 1.29 is 9.18 Å². The third-order valence-corrected chi connectivity index (χ3v) is 3.08. The van der Waals surface area contributed by atoms with Crippen molar-refractivity contribution in [1.29, 1.82) is 5.26 Å². The molecule has 17 heavy (non-hydrogen) atoms. The van der Waals surface area contributed by atoms with Crippen LogP contribution < -0.4 is 4.90 Å². The van der Waals surface area contributed by atoms with E-state index in [0.717, 1.165) is 31.4 Å². The van der Waals surface area contributed by atoms with E-state index in [0.29, 0.717) is 11.8 Å². The topological polar surface area (TPSA) is 44.1 Å². The van der Waals surface area contributed by atoms with Crippen LogP contribution in [0.3, 0.4) is 0 Å². The van der Waals surface area contributed by atoms with E-state index in [2.05, 4.69) is 5.97 Å². The number of rotatable bonds is 2. The molecule has 1 heterocycles. The minimum atomic E-state index is -0.396. The lowest BCUT2D eigenvalue weighted by atomic mass is 9.45. The normalized spacial score (nSPS) is 15.5. The lowest BCUT2D eigenvalue weighted by molar-refractivity contribution is 0.112. The number of anilines is 1. The molecule has 0 aliphatic carbocycles. The van der Waals surface area contributed by atoms with Gasteiger partial charge in [0, 0.05) is 30.3 Å². The maximum absolute atomic E-state index is 13.3. The highest BCUT2D eigenvalue weighted by molar-refractivity contribution is 6.67. The van der Waals surface area contributed by atoms with Gasteiger partial charge < -0.3 is 4.90 Å². The monoisotopic (exact) mass is 230 g/mol. The van der Waals surface area contributed by atoms with Crippen molar-refractivity contribution in [2.24, 2.45) is 0 Å². The molecule has 2 rings (SSSR count). The summed E-state index contributed by atoms with van der Waals surface area (Å²) in [4.78, 5) is 12.7. The molecule has 0 saturated carbocycles. The van der Waals surface area contributed by atoms with Gasteiger partial charge >= 0.3 is 0 Å². The van der Waals surface area contributed by atoms with Crippen molar-refractivity contribution in [3.63, 3.8) is 0 Å². The Balaban J connectivity index is 2.16. The number of hydrogen-bond acceptors (Lipinski definition) is 3. The van der Waals surface area contributed by atoms with Gasteiger partial charge in [0.05, 0.1) is 0 Å². The van der Waals surface area contributed by atoms with Gasteiger partial charge in [0.1, 0.15) is 12.1 Å². The van der Waals surface area contributed by atoms with Crippen molar-refractivity contribution in [3.05, 3.63) is 29.6 Å². The maximum Gasteiger partial charge on any atom is 0.271 e. The van der Waals surface area contributed by atoms with Crippen LogP contribution in [0.5, 0.6) is 0 Å². The fraction of sp³-hybridized carbons (Fsp3) is 0.333. The zero-order valence-corrected chi connectivity index (χ0v) is 9.40. The fourth-order valence-electron chi connectivity index (χ4n) is 2.11. The van der Waals surface area contributed by atoms with E-state index >= 15 is 0 Å². The van der Waals surface area contributed by atoms with Crippen molar-refractivity contribution in [2.45, 2.75) is 12.6 Å². The molecule has 0 radical (unpaired) electrons. The SMILES string of the molecule is N#CB1CCN(c2cc(F)cc(C=O)c2)CC1. The van der Waals surface area contributed by atoms with E-state index in [1.807, 2.05) is 4.90 Å². The third kappa shape index (κ3) is 2.65. The molecule has 1 fully saturated rings. The van der Waals surface area contributed by atoms with E-state index < -0.39 is 5.82 Å². The van der Waals surface area contributed by atoms with E-state index in [4.69, 9.17) is 5.26 Å². The van der Waals surface area contributed by atoms with Crippen molar-refractivity contribution in [2.75, 3.05) is 18.0 Å². The summed E-state index contributed by atoms with van der Waals surface area (Å²) >= 11 is 0. The summed E-state index contributed by atoms with van der Waals surface area (Å²) in [6.07, 6.45) is 2.24. The molecule has 0 spiro atoms.